The Morgan fingerprint density at radius 2 is 1.84 bits per heavy atom. The number of benzene rings is 1. The molecule has 4 rings (SSSR count). The van der Waals surface area contributed by atoms with Crippen molar-refractivity contribution in [1.29, 1.82) is 0 Å². The van der Waals surface area contributed by atoms with Crippen molar-refractivity contribution in [2.75, 3.05) is 46.8 Å². The maximum absolute atomic E-state index is 13.4. The Hall–Kier alpha value is -2.45. The number of likely N-dealkylation sites (N-methyl/N-ethyl adjacent to an activating group) is 1. The number of urea groups is 1. The van der Waals surface area contributed by atoms with Crippen LogP contribution in [0.5, 0.6) is 0 Å². The largest absolute Gasteiger partial charge is 0.340 e. The quantitative estimate of drug-likeness (QED) is 0.713. The Bertz CT molecular complexity index is 820. The van der Waals surface area contributed by atoms with Gasteiger partial charge in [-0.05, 0) is 45.3 Å². The summed E-state index contributed by atoms with van der Waals surface area (Å²) < 4.78 is 0. The van der Waals surface area contributed by atoms with Crippen LogP contribution in [0, 0.1) is 0 Å². The average molecular weight is 428 g/mol. The van der Waals surface area contributed by atoms with Crippen molar-refractivity contribution in [1.82, 2.24) is 24.9 Å². The number of likely N-dealkylation sites (tertiary alicyclic amines) is 2. The van der Waals surface area contributed by atoms with E-state index in [1.54, 1.807) is 4.90 Å². The first-order chi connectivity index (χ1) is 14.9. The van der Waals surface area contributed by atoms with Gasteiger partial charge >= 0.3 is 6.03 Å². The van der Waals surface area contributed by atoms with Gasteiger partial charge in [0.1, 0.15) is 5.54 Å². The summed E-state index contributed by atoms with van der Waals surface area (Å²) in [6.07, 6.45) is 2.80. The number of piperidine rings is 2. The summed E-state index contributed by atoms with van der Waals surface area (Å²) in [7, 11) is 3.73. The van der Waals surface area contributed by atoms with Crippen molar-refractivity contribution >= 4 is 17.8 Å². The van der Waals surface area contributed by atoms with Gasteiger partial charge < -0.3 is 15.1 Å². The first kappa shape index (κ1) is 21.8. The molecule has 1 N–H and O–H groups in total. The van der Waals surface area contributed by atoms with Crippen molar-refractivity contribution in [2.24, 2.45) is 0 Å². The van der Waals surface area contributed by atoms with E-state index in [0.29, 0.717) is 32.5 Å². The molecule has 1 aromatic carbocycles. The number of hydrogen-bond acceptors (Lipinski definition) is 5. The molecule has 168 valence electrons. The maximum Gasteiger partial charge on any atom is 0.325 e. The van der Waals surface area contributed by atoms with E-state index in [9.17, 15) is 14.4 Å². The zero-order valence-electron chi connectivity index (χ0n) is 18.5. The number of carbonyl (C=O) groups excluding carboxylic acids is 3. The molecule has 0 unspecified atom stereocenters. The van der Waals surface area contributed by atoms with E-state index in [2.05, 4.69) is 22.3 Å². The fraction of sp³-hybridized carbons (Fsp3) is 0.609. The van der Waals surface area contributed by atoms with Crippen molar-refractivity contribution in [3.63, 3.8) is 0 Å². The summed E-state index contributed by atoms with van der Waals surface area (Å²) in [5, 5.41) is 3.03. The lowest BCUT2D eigenvalue weighted by molar-refractivity contribution is -0.139. The second-order valence-corrected chi connectivity index (χ2v) is 9.32. The van der Waals surface area contributed by atoms with Crippen LogP contribution in [0.1, 0.15) is 31.2 Å². The van der Waals surface area contributed by atoms with Crippen molar-refractivity contribution < 1.29 is 14.4 Å². The molecule has 8 heteroatoms. The van der Waals surface area contributed by atoms with Gasteiger partial charge in [0.05, 0.1) is 12.6 Å². The average Bonchev–Trinajstić information content (AvgIpc) is 2.99. The molecular weight excluding hydrogens is 394 g/mol. The summed E-state index contributed by atoms with van der Waals surface area (Å²) in [6.45, 7) is 3.86. The van der Waals surface area contributed by atoms with E-state index in [-0.39, 0.29) is 23.9 Å². The predicted molar refractivity (Wildman–Crippen MR) is 117 cm³/mol. The molecular formula is C23H33N5O3. The summed E-state index contributed by atoms with van der Waals surface area (Å²) >= 11 is 0. The van der Waals surface area contributed by atoms with E-state index < -0.39 is 5.54 Å². The summed E-state index contributed by atoms with van der Waals surface area (Å²) in [5.74, 6) is -0.0607. The van der Waals surface area contributed by atoms with Crippen LogP contribution in [0.25, 0.3) is 0 Å². The van der Waals surface area contributed by atoms with Crippen LogP contribution in [-0.4, -0.2) is 95.8 Å². The summed E-state index contributed by atoms with van der Waals surface area (Å²) in [4.78, 5) is 46.2. The Balaban J connectivity index is 1.38. The van der Waals surface area contributed by atoms with Gasteiger partial charge in [-0.15, -0.1) is 0 Å². The maximum atomic E-state index is 13.4. The second-order valence-electron chi connectivity index (χ2n) is 9.32. The Labute approximate surface area is 184 Å². The highest BCUT2D eigenvalue weighted by Crippen LogP contribution is 2.32. The summed E-state index contributed by atoms with van der Waals surface area (Å²) in [5.41, 5.74) is 0.465. The van der Waals surface area contributed by atoms with Crippen LogP contribution in [0.15, 0.2) is 30.3 Å². The Morgan fingerprint density at radius 1 is 1.13 bits per heavy atom. The molecule has 0 aromatic heterocycles. The minimum atomic E-state index is -0.791. The van der Waals surface area contributed by atoms with Gasteiger partial charge in [-0.25, -0.2) is 4.79 Å². The second kappa shape index (κ2) is 8.96. The number of rotatable bonds is 5. The highest BCUT2D eigenvalue weighted by Gasteiger charge is 2.54. The Morgan fingerprint density at radius 3 is 2.52 bits per heavy atom. The van der Waals surface area contributed by atoms with Crippen LogP contribution in [0.3, 0.4) is 0 Å². The van der Waals surface area contributed by atoms with Gasteiger partial charge in [0.25, 0.3) is 5.91 Å². The van der Waals surface area contributed by atoms with E-state index >= 15 is 0 Å². The normalized spacial score (nSPS) is 24.2. The zero-order valence-corrected chi connectivity index (χ0v) is 18.5. The molecule has 3 aliphatic rings. The monoisotopic (exact) mass is 427 g/mol. The van der Waals surface area contributed by atoms with Gasteiger partial charge in [-0.2, -0.15) is 0 Å². The fourth-order valence-corrected chi connectivity index (χ4v) is 5.01. The molecule has 1 atom stereocenters. The van der Waals surface area contributed by atoms with Gasteiger partial charge in [0.15, 0.2) is 0 Å². The lowest BCUT2D eigenvalue weighted by atomic mass is 9.87. The SMILES string of the molecule is CN(C)CC(=O)N1CCC[C@H](N2C(=O)NC3(CCN(Cc4ccccc4)CC3)C2=O)C1. The number of nitrogens with one attached hydrogen (secondary N) is 1. The summed E-state index contributed by atoms with van der Waals surface area (Å²) in [6, 6.07) is 9.77. The number of carbonyl (C=O) groups is 3. The number of imide groups is 1. The first-order valence-electron chi connectivity index (χ1n) is 11.2. The molecule has 4 amide bonds. The lowest BCUT2D eigenvalue weighted by Crippen LogP contribution is -2.56. The van der Waals surface area contributed by atoms with Gasteiger partial charge in [-0.1, -0.05) is 30.3 Å². The molecule has 31 heavy (non-hydrogen) atoms. The zero-order chi connectivity index (χ0) is 22.0. The topological polar surface area (TPSA) is 76.2 Å². The van der Waals surface area contributed by atoms with Crippen LogP contribution in [0.2, 0.25) is 0 Å². The molecule has 8 nitrogen and oxygen atoms in total. The number of nitrogens with zero attached hydrogens (tertiary/aromatic N) is 4. The fourth-order valence-electron chi connectivity index (χ4n) is 5.01. The smallest absolute Gasteiger partial charge is 0.325 e. The lowest BCUT2D eigenvalue weighted by Gasteiger charge is -2.39. The molecule has 0 saturated carbocycles. The highest BCUT2D eigenvalue weighted by atomic mass is 16.2. The first-order valence-corrected chi connectivity index (χ1v) is 11.2. The third kappa shape index (κ3) is 4.60. The van der Waals surface area contributed by atoms with E-state index in [4.69, 9.17) is 0 Å². The van der Waals surface area contributed by atoms with Crippen molar-refractivity contribution in [3.8, 4) is 0 Å². The third-order valence-electron chi connectivity index (χ3n) is 6.72. The molecule has 0 aliphatic carbocycles. The molecule has 3 heterocycles. The number of hydrogen-bond donors (Lipinski definition) is 1. The molecule has 3 saturated heterocycles. The molecule has 1 spiro atoms. The third-order valence-corrected chi connectivity index (χ3v) is 6.72. The highest BCUT2D eigenvalue weighted by molar-refractivity contribution is 6.07. The number of amides is 4. The van der Waals surface area contributed by atoms with Crippen molar-refractivity contribution in [3.05, 3.63) is 35.9 Å². The van der Waals surface area contributed by atoms with Gasteiger partial charge in [0, 0.05) is 32.7 Å². The minimum Gasteiger partial charge on any atom is -0.340 e. The minimum absolute atomic E-state index is 0.0469. The van der Waals surface area contributed by atoms with Crippen LogP contribution >= 0.6 is 0 Å². The van der Waals surface area contributed by atoms with Gasteiger partial charge in [-0.3, -0.25) is 19.4 Å². The van der Waals surface area contributed by atoms with Gasteiger partial charge in [0.2, 0.25) is 5.91 Å². The van der Waals surface area contributed by atoms with Crippen LogP contribution in [0.4, 0.5) is 4.79 Å². The van der Waals surface area contributed by atoms with Crippen LogP contribution < -0.4 is 5.32 Å². The molecule has 3 aliphatic heterocycles. The molecule has 3 fully saturated rings. The van der Waals surface area contributed by atoms with Crippen molar-refractivity contribution in [2.45, 2.75) is 43.8 Å². The van der Waals surface area contributed by atoms with E-state index in [1.165, 1.54) is 10.5 Å². The standard InChI is InChI=1S/C23H33N5O3/c1-25(2)17-20(29)27-12-6-9-19(16-27)28-21(30)23(24-22(28)31)10-13-26(14-11-23)15-18-7-4-3-5-8-18/h3-5,7-8,19H,6,9-17H2,1-2H3,(H,24,31)/t19-/m0/s1. The molecule has 0 radical (unpaired) electrons. The predicted octanol–water partition coefficient (Wildman–Crippen LogP) is 1.13. The Kier molecular flexibility index (Phi) is 6.29. The van der Waals surface area contributed by atoms with Crippen LogP contribution in [-0.2, 0) is 16.1 Å². The van der Waals surface area contributed by atoms with E-state index in [1.807, 2.05) is 37.2 Å². The molecule has 1 aromatic rings. The molecule has 0 bridgehead atoms. The van der Waals surface area contributed by atoms with E-state index in [0.717, 1.165) is 32.5 Å².